The first kappa shape index (κ1) is 19.4. The molecule has 0 spiro atoms. The Morgan fingerprint density at radius 2 is 1.90 bits per heavy atom. The van der Waals surface area contributed by atoms with Gasteiger partial charge in [0, 0.05) is 11.1 Å². The van der Waals surface area contributed by atoms with E-state index in [9.17, 15) is 4.79 Å². The van der Waals surface area contributed by atoms with E-state index in [4.69, 9.17) is 9.47 Å². The van der Waals surface area contributed by atoms with Gasteiger partial charge in [0.1, 0.15) is 5.66 Å². The summed E-state index contributed by atoms with van der Waals surface area (Å²) in [5.41, 5.74) is 2.45. The molecule has 1 saturated heterocycles. The monoisotopic (exact) mass is 392 g/mol. The smallest absolute Gasteiger partial charge is 0.241 e. The van der Waals surface area contributed by atoms with Crippen LogP contribution in [0.4, 0.5) is 5.69 Å². The summed E-state index contributed by atoms with van der Waals surface area (Å²) in [6.45, 7) is 8.70. The normalized spacial score (nSPS) is 22.0. The first-order valence-electron chi connectivity index (χ1n) is 10.0. The molecule has 2 aliphatic rings. The van der Waals surface area contributed by atoms with Gasteiger partial charge in [-0.2, -0.15) is 0 Å². The molecule has 0 aromatic heterocycles. The third kappa shape index (κ3) is 2.96. The van der Waals surface area contributed by atoms with Gasteiger partial charge in [0.05, 0.1) is 19.8 Å². The van der Waals surface area contributed by atoms with Crippen molar-refractivity contribution in [1.82, 2.24) is 5.32 Å². The van der Waals surface area contributed by atoms with Crippen molar-refractivity contribution >= 4 is 17.7 Å². The number of rotatable bonds is 5. The summed E-state index contributed by atoms with van der Waals surface area (Å²) in [4.78, 5) is 14.6. The van der Waals surface area contributed by atoms with Crippen LogP contribution in [0.2, 0.25) is 0 Å². The number of amides is 1. The lowest BCUT2D eigenvalue weighted by Gasteiger charge is -2.40. The summed E-state index contributed by atoms with van der Waals surface area (Å²) in [6, 6.07) is 14.2. The molecule has 1 amide bonds. The fraction of sp³-hybridized carbons (Fsp3) is 0.375. The van der Waals surface area contributed by atoms with E-state index in [-0.39, 0.29) is 17.4 Å². The number of carbonyl (C=O) groups excluding carboxylic acids is 1. The Balaban J connectivity index is 1.73. The molecule has 0 bridgehead atoms. The van der Waals surface area contributed by atoms with E-state index in [0.717, 1.165) is 17.0 Å². The predicted octanol–water partition coefficient (Wildman–Crippen LogP) is 4.12. The Labute approximate surface area is 172 Å². The first-order valence-corrected chi connectivity index (χ1v) is 10.0. The summed E-state index contributed by atoms with van der Waals surface area (Å²) in [5.74, 6) is 1.46. The molecule has 1 fully saturated rings. The molecule has 0 aliphatic carbocycles. The van der Waals surface area contributed by atoms with E-state index in [0.29, 0.717) is 12.3 Å². The van der Waals surface area contributed by atoms with Gasteiger partial charge in [0.2, 0.25) is 5.91 Å². The predicted molar refractivity (Wildman–Crippen MR) is 115 cm³/mol. The number of para-hydroxylation sites is 1. The number of anilines is 1. The SMILES string of the molecule is COc1cc(C=CC23NC(=O)CN2c2ccccc2C3(C)C)ccc1OC(C)C. The Hall–Kier alpha value is -2.95. The average Bonchev–Trinajstić information content (AvgIpc) is 3.11. The van der Waals surface area contributed by atoms with Crippen LogP contribution in [0.15, 0.2) is 48.5 Å². The molecule has 152 valence electrons. The van der Waals surface area contributed by atoms with Crippen molar-refractivity contribution in [2.75, 3.05) is 18.6 Å². The number of ether oxygens (including phenoxy) is 2. The number of benzene rings is 2. The molecule has 1 atom stereocenters. The number of hydrogen-bond acceptors (Lipinski definition) is 4. The van der Waals surface area contributed by atoms with Crippen LogP contribution in [0, 0.1) is 0 Å². The molecular formula is C24H28N2O3. The van der Waals surface area contributed by atoms with Gasteiger partial charge in [-0.3, -0.25) is 4.79 Å². The van der Waals surface area contributed by atoms with Gasteiger partial charge in [-0.1, -0.05) is 44.2 Å². The van der Waals surface area contributed by atoms with E-state index in [1.54, 1.807) is 7.11 Å². The lowest BCUT2D eigenvalue weighted by atomic mass is 9.75. The molecule has 1 unspecified atom stereocenters. The highest BCUT2D eigenvalue weighted by Crippen LogP contribution is 2.52. The van der Waals surface area contributed by atoms with Gasteiger partial charge in [0.15, 0.2) is 11.5 Å². The molecule has 2 aromatic carbocycles. The molecular weight excluding hydrogens is 364 g/mol. The molecule has 29 heavy (non-hydrogen) atoms. The van der Waals surface area contributed by atoms with Gasteiger partial charge in [0.25, 0.3) is 0 Å². The maximum atomic E-state index is 12.4. The average molecular weight is 392 g/mol. The van der Waals surface area contributed by atoms with E-state index in [2.05, 4.69) is 48.3 Å². The fourth-order valence-corrected chi connectivity index (χ4v) is 4.50. The van der Waals surface area contributed by atoms with Crippen molar-refractivity contribution in [3.05, 3.63) is 59.7 Å². The summed E-state index contributed by atoms with van der Waals surface area (Å²) in [5, 5.41) is 3.25. The summed E-state index contributed by atoms with van der Waals surface area (Å²) in [7, 11) is 1.64. The van der Waals surface area contributed by atoms with E-state index in [1.807, 2.05) is 44.2 Å². The molecule has 0 saturated carbocycles. The molecule has 2 aromatic rings. The van der Waals surface area contributed by atoms with Crippen LogP contribution in [-0.2, 0) is 10.2 Å². The minimum atomic E-state index is -0.603. The zero-order valence-electron chi connectivity index (χ0n) is 17.7. The Kier molecular flexibility index (Phi) is 4.56. The molecule has 4 rings (SSSR count). The molecule has 0 radical (unpaired) electrons. The van der Waals surface area contributed by atoms with Crippen LogP contribution in [0.25, 0.3) is 6.08 Å². The van der Waals surface area contributed by atoms with E-state index < -0.39 is 5.66 Å². The third-order valence-corrected chi connectivity index (χ3v) is 5.95. The molecule has 5 nitrogen and oxygen atoms in total. The minimum absolute atomic E-state index is 0.0375. The number of nitrogens with one attached hydrogen (secondary N) is 1. The van der Waals surface area contributed by atoms with Crippen LogP contribution in [0.1, 0.15) is 38.8 Å². The number of hydrogen-bond donors (Lipinski definition) is 1. The van der Waals surface area contributed by atoms with E-state index >= 15 is 0 Å². The topological polar surface area (TPSA) is 50.8 Å². The number of methoxy groups -OCH3 is 1. The zero-order chi connectivity index (χ0) is 20.8. The standard InChI is InChI=1S/C24H28N2O3/c1-16(2)29-20-11-10-17(14-21(20)28-5)12-13-24-23(3,4)18-8-6-7-9-19(18)26(24)15-22(27)25-24/h6-14,16H,15H2,1-5H3,(H,25,27). The van der Waals surface area contributed by atoms with Crippen molar-refractivity contribution in [3.63, 3.8) is 0 Å². The van der Waals surface area contributed by atoms with Crippen molar-refractivity contribution in [3.8, 4) is 11.5 Å². The largest absolute Gasteiger partial charge is 0.493 e. The molecule has 2 aliphatic heterocycles. The van der Waals surface area contributed by atoms with Gasteiger partial charge in [-0.15, -0.1) is 0 Å². The fourth-order valence-electron chi connectivity index (χ4n) is 4.50. The molecule has 2 heterocycles. The van der Waals surface area contributed by atoms with Crippen molar-refractivity contribution in [2.24, 2.45) is 0 Å². The molecule has 5 heteroatoms. The van der Waals surface area contributed by atoms with E-state index in [1.165, 1.54) is 5.56 Å². The number of carbonyl (C=O) groups is 1. The second-order valence-electron chi connectivity index (χ2n) is 8.45. The first-order chi connectivity index (χ1) is 13.8. The highest BCUT2D eigenvalue weighted by molar-refractivity contribution is 5.91. The van der Waals surface area contributed by atoms with Gasteiger partial charge in [-0.05, 0) is 49.2 Å². The second kappa shape index (κ2) is 6.83. The Bertz CT molecular complexity index is 980. The lowest BCUT2D eigenvalue weighted by Crippen LogP contribution is -2.58. The molecule has 1 N–H and O–H groups in total. The Morgan fingerprint density at radius 3 is 2.62 bits per heavy atom. The minimum Gasteiger partial charge on any atom is -0.493 e. The quantitative estimate of drug-likeness (QED) is 0.832. The van der Waals surface area contributed by atoms with Crippen LogP contribution < -0.4 is 19.7 Å². The third-order valence-electron chi connectivity index (χ3n) is 5.95. The van der Waals surface area contributed by atoms with Crippen molar-refractivity contribution < 1.29 is 14.3 Å². The van der Waals surface area contributed by atoms with Crippen LogP contribution in [0.5, 0.6) is 11.5 Å². The van der Waals surface area contributed by atoms with Crippen LogP contribution >= 0.6 is 0 Å². The summed E-state index contributed by atoms with van der Waals surface area (Å²) >= 11 is 0. The van der Waals surface area contributed by atoms with Gasteiger partial charge < -0.3 is 19.7 Å². The summed E-state index contributed by atoms with van der Waals surface area (Å²) < 4.78 is 11.3. The highest BCUT2D eigenvalue weighted by Gasteiger charge is 2.59. The maximum Gasteiger partial charge on any atom is 0.241 e. The zero-order valence-corrected chi connectivity index (χ0v) is 17.7. The Morgan fingerprint density at radius 1 is 1.14 bits per heavy atom. The van der Waals surface area contributed by atoms with Crippen LogP contribution in [-0.4, -0.2) is 31.3 Å². The lowest BCUT2D eigenvalue weighted by molar-refractivity contribution is -0.118. The summed E-state index contributed by atoms with van der Waals surface area (Å²) in [6.07, 6.45) is 4.23. The van der Waals surface area contributed by atoms with Gasteiger partial charge in [-0.25, -0.2) is 0 Å². The van der Waals surface area contributed by atoms with Crippen molar-refractivity contribution in [1.29, 1.82) is 0 Å². The van der Waals surface area contributed by atoms with Crippen molar-refractivity contribution in [2.45, 2.75) is 44.9 Å². The van der Waals surface area contributed by atoms with Gasteiger partial charge >= 0.3 is 0 Å². The maximum absolute atomic E-state index is 12.4. The number of nitrogens with zero attached hydrogens (tertiary/aromatic N) is 1. The number of fused-ring (bicyclic) bond motifs is 3. The van der Waals surface area contributed by atoms with Crippen LogP contribution in [0.3, 0.4) is 0 Å². The second-order valence-corrected chi connectivity index (χ2v) is 8.45. The highest BCUT2D eigenvalue weighted by atomic mass is 16.5.